The number of aryl methyl sites for hydroxylation is 1. The molecule has 0 unspecified atom stereocenters. The minimum absolute atomic E-state index is 0.0462. The average Bonchev–Trinajstić information content (AvgIpc) is 3.29. The molecule has 2 aromatic carbocycles. The monoisotopic (exact) mass is 478 g/mol. The van der Waals surface area contributed by atoms with Crippen molar-refractivity contribution in [2.45, 2.75) is 45.2 Å². The van der Waals surface area contributed by atoms with Gasteiger partial charge < -0.3 is 20.3 Å². The van der Waals surface area contributed by atoms with E-state index in [9.17, 15) is 4.79 Å². The van der Waals surface area contributed by atoms with E-state index in [4.69, 9.17) is 4.74 Å². The number of benzene rings is 2. The van der Waals surface area contributed by atoms with Gasteiger partial charge in [-0.15, -0.1) is 11.3 Å². The Morgan fingerprint density at radius 3 is 2.62 bits per heavy atom. The Bertz CT molecular complexity index is 1060. The number of carbonyl (C=O) groups is 1. The molecule has 1 aliphatic heterocycles. The lowest BCUT2D eigenvalue weighted by atomic mass is 10.0. The highest BCUT2D eigenvalue weighted by Gasteiger charge is 2.19. The number of rotatable bonds is 10. The first-order valence-corrected chi connectivity index (χ1v) is 12.9. The van der Waals surface area contributed by atoms with Gasteiger partial charge in [-0.05, 0) is 55.5 Å². The number of para-hydroxylation sites is 1. The number of methoxy groups -OCH3 is 1. The summed E-state index contributed by atoms with van der Waals surface area (Å²) in [6.07, 6.45) is 3.40. The summed E-state index contributed by atoms with van der Waals surface area (Å²) >= 11 is 1.71. The second-order valence-corrected chi connectivity index (χ2v) is 9.82. The Kier molecular flexibility index (Phi) is 8.55. The van der Waals surface area contributed by atoms with Gasteiger partial charge in [-0.3, -0.25) is 4.79 Å². The maximum Gasteiger partial charge on any atom is 0.224 e. The highest BCUT2D eigenvalue weighted by Crippen LogP contribution is 2.21. The molecular weight excluding hydrogens is 444 g/mol. The van der Waals surface area contributed by atoms with Crippen molar-refractivity contribution in [1.29, 1.82) is 0 Å². The van der Waals surface area contributed by atoms with Crippen LogP contribution in [0.4, 0.5) is 5.69 Å². The van der Waals surface area contributed by atoms with Crippen LogP contribution in [0.2, 0.25) is 0 Å². The van der Waals surface area contributed by atoms with Gasteiger partial charge in [0.1, 0.15) is 5.75 Å². The van der Waals surface area contributed by atoms with Gasteiger partial charge in [-0.2, -0.15) is 0 Å². The largest absolute Gasteiger partial charge is 0.496 e. The number of carbonyl (C=O) groups excluding carboxylic acids is 1. The van der Waals surface area contributed by atoms with Crippen LogP contribution >= 0.6 is 11.3 Å². The van der Waals surface area contributed by atoms with Crippen molar-refractivity contribution >= 4 is 22.9 Å². The Labute approximate surface area is 206 Å². The van der Waals surface area contributed by atoms with E-state index in [0.29, 0.717) is 19.0 Å². The van der Waals surface area contributed by atoms with Crippen LogP contribution in [-0.4, -0.2) is 43.7 Å². The van der Waals surface area contributed by atoms with Gasteiger partial charge in [0.15, 0.2) is 0 Å². The fourth-order valence-corrected chi connectivity index (χ4v) is 5.01. The first-order chi connectivity index (χ1) is 16.6. The molecule has 0 spiro atoms. The Hall–Kier alpha value is -2.90. The third-order valence-corrected chi connectivity index (χ3v) is 7.13. The SMILES string of the molecule is COc1ccccc1CCNC(=O)Cc1ccc(N2CCC(NCc3csc(C)n3)CC2)cc1. The topological polar surface area (TPSA) is 66.5 Å². The van der Waals surface area contributed by atoms with Gasteiger partial charge in [0.25, 0.3) is 0 Å². The smallest absolute Gasteiger partial charge is 0.224 e. The quantitative estimate of drug-likeness (QED) is 0.459. The highest BCUT2D eigenvalue weighted by atomic mass is 32.1. The molecule has 0 atom stereocenters. The van der Waals surface area contributed by atoms with Crippen LogP contribution in [0.15, 0.2) is 53.9 Å². The molecule has 34 heavy (non-hydrogen) atoms. The molecule has 4 rings (SSSR count). The molecule has 1 saturated heterocycles. The Morgan fingerprint density at radius 1 is 1.15 bits per heavy atom. The molecule has 0 bridgehead atoms. The first-order valence-electron chi connectivity index (χ1n) is 12.0. The molecule has 2 N–H and O–H groups in total. The van der Waals surface area contributed by atoms with Crippen molar-refractivity contribution < 1.29 is 9.53 Å². The molecule has 3 aromatic rings. The summed E-state index contributed by atoms with van der Waals surface area (Å²) in [5.74, 6) is 0.909. The predicted octanol–water partition coefficient (Wildman–Crippen LogP) is 4.12. The third kappa shape index (κ3) is 6.81. The lowest BCUT2D eigenvalue weighted by Gasteiger charge is -2.34. The summed E-state index contributed by atoms with van der Waals surface area (Å²) < 4.78 is 5.37. The summed E-state index contributed by atoms with van der Waals surface area (Å²) in [5.41, 5.74) is 4.51. The first kappa shape index (κ1) is 24.2. The fourth-order valence-electron chi connectivity index (χ4n) is 4.40. The molecule has 6 nitrogen and oxygen atoms in total. The number of thiazole rings is 1. The number of ether oxygens (including phenoxy) is 1. The zero-order valence-electron chi connectivity index (χ0n) is 20.0. The van der Waals surface area contributed by atoms with Crippen molar-refractivity contribution in [1.82, 2.24) is 15.6 Å². The number of hydrogen-bond acceptors (Lipinski definition) is 6. The maximum absolute atomic E-state index is 12.4. The highest BCUT2D eigenvalue weighted by molar-refractivity contribution is 7.09. The van der Waals surface area contributed by atoms with Gasteiger partial charge in [-0.1, -0.05) is 30.3 Å². The zero-order valence-corrected chi connectivity index (χ0v) is 20.9. The average molecular weight is 479 g/mol. The maximum atomic E-state index is 12.4. The molecule has 180 valence electrons. The van der Waals surface area contributed by atoms with Gasteiger partial charge in [0.05, 0.1) is 24.2 Å². The van der Waals surface area contributed by atoms with E-state index in [1.807, 2.05) is 31.2 Å². The van der Waals surface area contributed by atoms with Gasteiger partial charge in [0.2, 0.25) is 5.91 Å². The third-order valence-electron chi connectivity index (χ3n) is 6.31. The summed E-state index contributed by atoms with van der Waals surface area (Å²) in [6, 6.07) is 16.9. The van der Waals surface area contributed by atoms with Crippen molar-refractivity contribution in [3.05, 3.63) is 75.7 Å². The minimum Gasteiger partial charge on any atom is -0.496 e. The number of aromatic nitrogens is 1. The number of nitrogens with zero attached hydrogens (tertiary/aromatic N) is 2. The standard InChI is InChI=1S/C27H34N4O2S/c1-20-30-24(19-34-20)18-29-23-12-15-31(16-13-23)25-9-7-21(8-10-25)17-27(32)28-14-11-22-5-3-4-6-26(22)33-2/h3-10,19,23,29H,11-18H2,1-2H3,(H,28,32). The predicted molar refractivity (Wildman–Crippen MR) is 139 cm³/mol. The van der Waals surface area contributed by atoms with Crippen LogP contribution in [0.1, 0.15) is 34.7 Å². The van der Waals surface area contributed by atoms with E-state index in [-0.39, 0.29) is 5.91 Å². The van der Waals surface area contributed by atoms with Crippen LogP contribution in [0, 0.1) is 6.92 Å². The second kappa shape index (κ2) is 12.0. The van der Waals surface area contributed by atoms with Crippen LogP contribution in [0.3, 0.4) is 0 Å². The molecule has 0 aliphatic carbocycles. The molecule has 2 heterocycles. The zero-order chi connectivity index (χ0) is 23.8. The second-order valence-electron chi connectivity index (χ2n) is 8.76. The number of anilines is 1. The molecular formula is C27H34N4O2S. The summed E-state index contributed by atoms with van der Waals surface area (Å²) in [7, 11) is 1.67. The molecule has 1 amide bonds. The van der Waals surface area contributed by atoms with Crippen molar-refractivity contribution in [2.75, 3.05) is 31.6 Å². The van der Waals surface area contributed by atoms with Crippen molar-refractivity contribution in [2.24, 2.45) is 0 Å². The molecule has 1 aromatic heterocycles. The molecule has 1 aliphatic rings. The van der Waals surface area contributed by atoms with Gasteiger partial charge in [-0.25, -0.2) is 4.98 Å². The molecule has 0 radical (unpaired) electrons. The van der Waals surface area contributed by atoms with E-state index in [2.05, 4.69) is 50.2 Å². The molecule has 1 fully saturated rings. The molecule has 7 heteroatoms. The lowest BCUT2D eigenvalue weighted by molar-refractivity contribution is -0.120. The van der Waals surface area contributed by atoms with Crippen molar-refractivity contribution in [3.8, 4) is 5.75 Å². The summed E-state index contributed by atoms with van der Waals surface area (Å²) in [5, 5.41) is 9.94. The number of hydrogen-bond donors (Lipinski definition) is 2. The van der Waals surface area contributed by atoms with E-state index in [1.54, 1.807) is 18.4 Å². The fraction of sp³-hybridized carbons (Fsp3) is 0.407. The molecule has 0 saturated carbocycles. The lowest BCUT2D eigenvalue weighted by Crippen LogP contribution is -2.42. The van der Waals surface area contributed by atoms with E-state index in [1.165, 1.54) is 5.69 Å². The van der Waals surface area contributed by atoms with E-state index in [0.717, 1.165) is 66.5 Å². The van der Waals surface area contributed by atoms with E-state index >= 15 is 0 Å². The van der Waals surface area contributed by atoms with Crippen LogP contribution < -0.4 is 20.3 Å². The van der Waals surface area contributed by atoms with Crippen LogP contribution in [0.5, 0.6) is 5.75 Å². The summed E-state index contributed by atoms with van der Waals surface area (Å²) in [4.78, 5) is 19.4. The Balaban J connectivity index is 1.17. The Morgan fingerprint density at radius 2 is 1.91 bits per heavy atom. The van der Waals surface area contributed by atoms with Crippen LogP contribution in [-0.2, 0) is 24.2 Å². The van der Waals surface area contributed by atoms with Crippen LogP contribution in [0.25, 0.3) is 0 Å². The number of amides is 1. The number of nitrogens with one attached hydrogen (secondary N) is 2. The van der Waals surface area contributed by atoms with E-state index < -0.39 is 0 Å². The summed E-state index contributed by atoms with van der Waals surface area (Å²) in [6.45, 7) is 5.58. The van der Waals surface area contributed by atoms with Gasteiger partial charge >= 0.3 is 0 Å². The normalized spacial score (nSPS) is 14.2. The van der Waals surface area contributed by atoms with Crippen molar-refractivity contribution in [3.63, 3.8) is 0 Å². The minimum atomic E-state index is 0.0462. The van der Waals surface area contributed by atoms with Gasteiger partial charge in [0, 0.05) is 43.3 Å². The number of piperidine rings is 1.